The van der Waals surface area contributed by atoms with Crippen LogP contribution in [-0.4, -0.2) is 31.3 Å². The summed E-state index contributed by atoms with van der Waals surface area (Å²) in [6, 6.07) is -0.347. The largest absolute Gasteiger partial charge is 0.289 e. The van der Waals surface area contributed by atoms with E-state index in [1.165, 1.54) is 6.21 Å². The van der Waals surface area contributed by atoms with Crippen LogP contribution < -0.4 is 0 Å². The molecule has 0 aromatic carbocycles. The molecular weight excluding hydrogens is 104 g/mol. The molecule has 1 rings (SSSR count). The quantitative estimate of drug-likeness (QED) is 0.452. The van der Waals surface area contributed by atoms with E-state index in [0.29, 0.717) is 6.54 Å². The number of rotatable bonds is 1. The van der Waals surface area contributed by atoms with Crippen LogP contribution in [0.4, 0.5) is 0 Å². The smallest absolute Gasteiger partial charge is 0.227 e. The summed E-state index contributed by atoms with van der Waals surface area (Å²) in [5.41, 5.74) is 0. The van der Waals surface area contributed by atoms with Crippen molar-refractivity contribution >= 4 is 18.7 Å². The van der Waals surface area contributed by atoms with Gasteiger partial charge in [-0.15, -0.1) is 0 Å². The van der Waals surface area contributed by atoms with Crippen molar-refractivity contribution in [3.63, 3.8) is 0 Å². The van der Waals surface area contributed by atoms with Gasteiger partial charge in [-0.1, -0.05) is 0 Å². The molecule has 1 radical (unpaired) electrons. The molecule has 0 aromatic heterocycles. The fourth-order valence-corrected chi connectivity index (χ4v) is 0.465. The maximum Gasteiger partial charge on any atom is 0.227 e. The number of hydrogen-bond acceptors (Lipinski definition) is 3. The molecule has 0 fully saturated rings. The molecule has 1 heterocycles. The van der Waals surface area contributed by atoms with Gasteiger partial charge < -0.3 is 0 Å². The molecule has 0 saturated heterocycles. The average Bonchev–Trinajstić information content (AvgIpc) is 1.90. The second-order valence-electron chi connectivity index (χ2n) is 1.45. The van der Waals surface area contributed by atoms with Gasteiger partial charge in [0.1, 0.15) is 6.04 Å². The number of aliphatic imine (C=N–C) groups is 2. The highest BCUT2D eigenvalue weighted by atomic mass is 16.1. The summed E-state index contributed by atoms with van der Waals surface area (Å²) < 4.78 is 0. The van der Waals surface area contributed by atoms with Crippen LogP contribution in [0.15, 0.2) is 9.98 Å². The van der Waals surface area contributed by atoms with Crippen molar-refractivity contribution in [1.82, 2.24) is 0 Å². The second-order valence-corrected chi connectivity index (χ2v) is 1.45. The summed E-state index contributed by atoms with van der Waals surface area (Å²) in [4.78, 5) is 17.4. The summed E-state index contributed by atoms with van der Waals surface area (Å²) in [6.45, 7) is 0.458. The van der Waals surface area contributed by atoms with E-state index in [1.807, 2.05) is 0 Å². The molecule has 41 valence electrons. The topological polar surface area (TPSA) is 41.8 Å². The molecule has 1 aliphatic rings. The highest BCUT2D eigenvalue weighted by molar-refractivity contribution is 6.16. The predicted molar refractivity (Wildman–Crippen MR) is 31.3 cm³/mol. The predicted octanol–water partition coefficient (Wildman–Crippen LogP) is -0.380. The zero-order chi connectivity index (χ0) is 5.82. The number of hydrogen-bond donors (Lipinski definition) is 0. The summed E-state index contributed by atoms with van der Waals surface area (Å²) in [7, 11) is 0. The molecule has 1 aliphatic heterocycles. The molecule has 0 saturated carbocycles. The van der Waals surface area contributed by atoms with Gasteiger partial charge in [-0.2, -0.15) is 0 Å². The molecular formula is C5H5N2O. The fraction of sp³-hybridized carbons (Fsp3) is 0.400. The summed E-state index contributed by atoms with van der Waals surface area (Å²) in [5.74, 6) is 0. The van der Waals surface area contributed by atoms with Gasteiger partial charge in [0.05, 0.1) is 6.54 Å². The van der Waals surface area contributed by atoms with E-state index in [2.05, 4.69) is 9.98 Å². The van der Waals surface area contributed by atoms with Crippen molar-refractivity contribution in [3.8, 4) is 0 Å². The third-order valence-electron chi connectivity index (χ3n) is 0.852. The lowest BCUT2D eigenvalue weighted by molar-refractivity contribution is 0.543. The van der Waals surface area contributed by atoms with E-state index in [-0.39, 0.29) is 6.04 Å². The summed E-state index contributed by atoms with van der Waals surface area (Å²) in [6.07, 6.45) is 4.83. The molecule has 0 amide bonds. The van der Waals surface area contributed by atoms with E-state index in [9.17, 15) is 4.79 Å². The van der Waals surface area contributed by atoms with Gasteiger partial charge in [0, 0.05) is 12.4 Å². The Morgan fingerprint density at radius 3 is 2.88 bits per heavy atom. The molecule has 3 heteroatoms. The SMILES string of the molecule is O=[C]C1CN=CC=N1. The van der Waals surface area contributed by atoms with Crippen LogP contribution in [0.1, 0.15) is 0 Å². The van der Waals surface area contributed by atoms with Gasteiger partial charge >= 0.3 is 0 Å². The lowest BCUT2D eigenvalue weighted by atomic mass is 10.3. The van der Waals surface area contributed by atoms with Crippen LogP contribution >= 0.6 is 0 Å². The van der Waals surface area contributed by atoms with Crippen molar-refractivity contribution in [3.05, 3.63) is 0 Å². The number of carbonyl (C=O) groups excluding carboxylic acids is 1. The van der Waals surface area contributed by atoms with Crippen molar-refractivity contribution in [2.75, 3.05) is 6.54 Å². The zero-order valence-electron chi connectivity index (χ0n) is 4.24. The van der Waals surface area contributed by atoms with Crippen LogP contribution in [0, 0.1) is 0 Å². The van der Waals surface area contributed by atoms with E-state index in [0.717, 1.165) is 0 Å². The normalized spacial score (nSPS) is 25.8. The van der Waals surface area contributed by atoms with E-state index >= 15 is 0 Å². The third kappa shape index (κ3) is 0.992. The van der Waals surface area contributed by atoms with Gasteiger partial charge in [-0.25, -0.2) is 0 Å². The van der Waals surface area contributed by atoms with Gasteiger partial charge in [0.2, 0.25) is 6.29 Å². The Bertz CT molecular complexity index is 139. The first-order chi connectivity index (χ1) is 3.93. The molecule has 0 spiro atoms. The van der Waals surface area contributed by atoms with Crippen LogP contribution in [0.25, 0.3) is 0 Å². The van der Waals surface area contributed by atoms with Gasteiger partial charge in [-0.3, -0.25) is 14.8 Å². The summed E-state index contributed by atoms with van der Waals surface area (Å²) in [5, 5.41) is 0. The lowest BCUT2D eigenvalue weighted by Gasteiger charge is -1.99. The number of nitrogens with zero attached hydrogens (tertiary/aromatic N) is 2. The minimum Gasteiger partial charge on any atom is -0.289 e. The molecule has 0 N–H and O–H groups in total. The summed E-state index contributed by atoms with van der Waals surface area (Å²) >= 11 is 0. The Kier molecular flexibility index (Phi) is 1.51. The molecule has 0 aliphatic carbocycles. The standard InChI is InChI=1S/C5H5N2O/c8-4-5-3-6-1-2-7-5/h1-2,5H,3H2. The third-order valence-corrected chi connectivity index (χ3v) is 0.852. The maximum atomic E-state index is 9.85. The van der Waals surface area contributed by atoms with Crippen molar-refractivity contribution in [2.45, 2.75) is 6.04 Å². The molecule has 1 unspecified atom stereocenters. The van der Waals surface area contributed by atoms with E-state index in [4.69, 9.17) is 0 Å². The minimum absolute atomic E-state index is 0.347. The molecule has 1 atom stereocenters. The lowest BCUT2D eigenvalue weighted by Crippen LogP contribution is -2.13. The molecule has 3 nitrogen and oxygen atoms in total. The Morgan fingerprint density at radius 2 is 2.50 bits per heavy atom. The highest BCUT2D eigenvalue weighted by Crippen LogP contribution is 1.88. The van der Waals surface area contributed by atoms with Crippen LogP contribution in [0.3, 0.4) is 0 Å². The minimum atomic E-state index is -0.347. The van der Waals surface area contributed by atoms with Crippen LogP contribution in [0.5, 0.6) is 0 Å². The highest BCUT2D eigenvalue weighted by Gasteiger charge is 2.03. The van der Waals surface area contributed by atoms with Crippen LogP contribution in [-0.2, 0) is 4.79 Å². The average molecular weight is 109 g/mol. The first kappa shape index (κ1) is 5.15. The van der Waals surface area contributed by atoms with E-state index in [1.54, 1.807) is 12.5 Å². The Morgan fingerprint density at radius 1 is 1.62 bits per heavy atom. The van der Waals surface area contributed by atoms with E-state index < -0.39 is 0 Å². The Hall–Kier alpha value is -0.990. The Balaban J connectivity index is 2.51. The first-order valence-corrected chi connectivity index (χ1v) is 2.33. The monoisotopic (exact) mass is 109 g/mol. The molecule has 0 aromatic rings. The van der Waals surface area contributed by atoms with Crippen molar-refractivity contribution in [2.24, 2.45) is 9.98 Å². The zero-order valence-corrected chi connectivity index (χ0v) is 4.24. The Labute approximate surface area is 47.1 Å². The van der Waals surface area contributed by atoms with Crippen LogP contribution in [0.2, 0.25) is 0 Å². The van der Waals surface area contributed by atoms with Crippen molar-refractivity contribution < 1.29 is 4.79 Å². The van der Waals surface area contributed by atoms with Crippen molar-refractivity contribution in [1.29, 1.82) is 0 Å². The second kappa shape index (κ2) is 2.35. The molecule has 8 heavy (non-hydrogen) atoms. The maximum absolute atomic E-state index is 9.85. The van der Waals surface area contributed by atoms with Gasteiger partial charge in [-0.05, 0) is 0 Å². The first-order valence-electron chi connectivity index (χ1n) is 2.33. The van der Waals surface area contributed by atoms with Gasteiger partial charge in [0.15, 0.2) is 0 Å². The fourth-order valence-electron chi connectivity index (χ4n) is 0.465. The van der Waals surface area contributed by atoms with Gasteiger partial charge in [0.25, 0.3) is 0 Å². The molecule has 0 bridgehead atoms.